The van der Waals surface area contributed by atoms with Crippen molar-refractivity contribution in [1.29, 1.82) is 0 Å². The molecule has 47 valence electrons. The fourth-order valence-electron chi connectivity index (χ4n) is 0.368. The van der Waals surface area contributed by atoms with Crippen LogP contribution >= 0.6 is 23.2 Å². The van der Waals surface area contributed by atoms with Crippen molar-refractivity contribution >= 4 is 23.2 Å². The molecule has 0 saturated heterocycles. The lowest BCUT2D eigenvalue weighted by molar-refractivity contribution is 0.453. The lowest BCUT2D eigenvalue weighted by atomic mass is 10.5. The van der Waals surface area contributed by atoms with E-state index in [2.05, 4.69) is 11.1 Å². The zero-order valence-electron chi connectivity index (χ0n) is 4.23. The van der Waals surface area contributed by atoms with Gasteiger partial charge in [-0.25, -0.2) is 4.98 Å². The highest BCUT2D eigenvalue weighted by Gasteiger charge is 1.98. The molecule has 1 radical (unpaired) electrons. The highest BCUT2D eigenvalue weighted by atomic mass is 35.5. The summed E-state index contributed by atoms with van der Waals surface area (Å²) in [6, 6.07) is 2.46. The van der Waals surface area contributed by atoms with E-state index < -0.39 is 0 Å². The maximum Gasteiger partial charge on any atom is 0.230 e. The molecular formula is C5H2Cl2NO. The normalized spacial score (nSPS) is 9.56. The minimum atomic E-state index is -0.249. The van der Waals surface area contributed by atoms with E-state index in [1.54, 1.807) is 0 Å². The molecule has 0 unspecified atom stereocenters. The molecule has 0 aromatic carbocycles. The summed E-state index contributed by atoms with van der Waals surface area (Å²) in [6.07, 6.45) is 1.27. The van der Waals surface area contributed by atoms with Crippen molar-refractivity contribution in [3.8, 4) is 5.88 Å². The highest BCUT2D eigenvalue weighted by Crippen LogP contribution is 2.21. The first-order chi connectivity index (χ1) is 4.20. The van der Waals surface area contributed by atoms with Crippen LogP contribution in [-0.4, -0.2) is 10.1 Å². The van der Waals surface area contributed by atoms with Gasteiger partial charge in [0.25, 0.3) is 0 Å². The van der Waals surface area contributed by atoms with Gasteiger partial charge in [-0.1, -0.05) is 23.2 Å². The largest absolute Gasteiger partial charge is 0.492 e. The first-order valence-corrected chi connectivity index (χ1v) is 2.88. The van der Waals surface area contributed by atoms with E-state index in [0.29, 0.717) is 0 Å². The van der Waals surface area contributed by atoms with Crippen LogP contribution in [0.25, 0.3) is 0 Å². The summed E-state index contributed by atoms with van der Waals surface area (Å²) in [7, 11) is 0. The summed E-state index contributed by atoms with van der Waals surface area (Å²) in [5.41, 5.74) is 0. The van der Waals surface area contributed by atoms with Crippen molar-refractivity contribution in [3.05, 3.63) is 22.3 Å². The van der Waals surface area contributed by atoms with E-state index in [1.165, 1.54) is 6.20 Å². The monoisotopic (exact) mass is 162 g/mol. The van der Waals surface area contributed by atoms with Crippen molar-refractivity contribution in [2.75, 3.05) is 0 Å². The van der Waals surface area contributed by atoms with Crippen LogP contribution < -0.4 is 0 Å². The Morgan fingerprint density at radius 2 is 2.22 bits per heavy atom. The van der Waals surface area contributed by atoms with Crippen LogP contribution in [-0.2, 0) is 0 Å². The molecule has 1 aromatic heterocycles. The van der Waals surface area contributed by atoms with E-state index in [-0.39, 0.29) is 15.9 Å². The Morgan fingerprint density at radius 1 is 1.56 bits per heavy atom. The van der Waals surface area contributed by atoms with E-state index >= 15 is 0 Å². The number of aromatic nitrogens is 1. The third kappa shape index (κ3) is 1.47. The Labute approximate surface area is 62.1 Å². The molecule has 1 heterocycles. The fourth-order valence-corrected chi connectivity index (χ4v) is 0.710. The van der Waals surface area contributed by atoms with Crippen LogP contribution in [0.1, 0.15) is 0 Å². The Hall–Kier alpha value is -0.470. The number of nitrogens with zero attached hydrogens (tertiary/aromatic N) is 1. The molecule has 4 heteroatoms. The van der Waals surface area contributed by atoms with Gasteiger partial charge in [0, 0.05) is 6.07 Å². The van der Waals surface area contributed by atoms with Gasteiger partial charge in [-0.3, -0.25) is 0 Å². The lowest BCUT2D eigenvalue weighted by Crippen LogP contribution is -1.74. The van der Waals surface area contributed by atoms with Gasteiger partial charge in [0.2, 0.25) is 5.88 Å². The molecule has 2 nitrogen and oxygen atoms in total. The number of pyridine rings is 1. The predicted molar refractivity (Wildman–Crippen MR) is 34.8 cm³/mol. The average molecular weight is 163 g/mol. The van der Waals surface area contributed by atoms with Crippen molar-refractivity contribution in [3.63, 3.8) is 0 Å². The van der Waals surface area contributed by atoms with E-state index in [4.69, 9.17) is 28.3 Å². The van der Waals surface area contributed by atoms with Crippen LogP contribution in [0.5, 0.6) is 5.88 Å². The smallest absolute Gasteiger partial charge is 0.230 e. The molecule has 0 aliphatic rings. The molecule has 0 amide bonds. The van der Waals surface area contributed by atoms with Gasteiger partial charge in [-0.2, -0.15) is 0 Å². The molecule has 0 spiro atoms. The molecule has 9 heavy (non-hydrogen) atoms. The molecule has 0 fully saturated rings. The molecule has 0 aliphatic heterocycles. The maximum absolute atomic E-state index is 8.71. The maximum atomic E-state index is 8.71. The third-order valence-electron chi connectivity index (χ3n) is 0.726. The van der Waals surface area contributed by atoms with Crippen LogP contribution in [0.15, 0.2) is 6.20 Å². The zero-order valence-corrected chi connectivity index (χ0v) is 5.74. The van der Waals surface area contributed by atoms with Gasteiger partial charge < -0.3 is 5.11 Å². The minimum absolute atomic E-state index is 0.0440. The second kappa shape index (κ2) is 2.42. The van der Waals surface area contributed by atoms with Crippen LogP contribution in [0.3, 0.4) is 0 Å². The summed E-state index contributed by atoms with van der Waals surface area (Å²) in [4.78, 5) is 3.44. The van der Waals surface area contributed by atoms with Crippen molar-refractivity contribution in [2.24, 2.45) is 0 Å². The predicted octanol–water partition coefficient (Wildman–Crippen LogP) is 1.89. The van der Waals surface area contributed by atoms with Gasteiger partial charge in [0.15, 0.2) is 0 Å². The summed E-state index contributed by atoms with van der Waals surface area (Å²) >= 11 is 10.8. The van der Waals surface area contributed by atoms with Gasteiger partial charge in [0.05, 0.1) is 11.2 Å². The standard InChI is InChI=1S/C5H2Cl2NO/c6-3-1-4(7)5(9)8-2-3/h2H,(H,8,9). The van der Waals surface area contributed by atoms with Crippen LogP contribution in [0, 0.1) is 6.07 Å². The van der Waals surface area contributed by atoms with Crippen molar-refractivity contribution in [1.82, 2.24) is 4.98 Å². The fraction of sp³-hybridized carbons (Fsp3) is 0. The first kappa shape index (κ1) is 6.65. The number of rotatable bonds is 0. The first-order valence-electron chi connectivity index (χ1n) is 2.12. The minimum Gasteiger partial charge on any atom is -0.492 e. The number of hydrogen-bond donors (Lipinski definition) is 1. The molecule has 0 aliphatic carbocycles. The number of aromatic hydroxyl groups is 1. The topological polar surface area (TPSA) is 33.1 Å². The molecule has 0 saturated carbocycles. The van der Waals surface area contributed by atoms with E-state index in [0.717, 1.165) is 0 Å². The summed E-state index contributed by atoms with van der Waals surface area (Å²) in [5.74, 6) is -0.249. The Bertz CT molecular complexity index is 226. The summed E-state index contributed by atoms with van der Waals surface area (Å²) in [5, 5.41) is 9.04. The van der Waals surface area contributed by atoms with E-state index in [9.17, 15) is 0 Å². The number of hydrogen-bond acceptors (Lipinski definition) is 2. The van der Waals surface area contributed by atoms with Crippen LogP contribution in [0.2, 0.25) is 10.0 Å². The van der Waals surface area contributed by atoms with Crippen molar-refractivity contribution < 1.29 is 5.11 Å². The Kier molecular flexibility index (Phi) is 1.78. The Balaban J connectivity index is 3.17. The summed E-state index contributed by atoms with van der Waals surface area (Å²) < 4.78 is 0. The van der Waals surface area contributed by atoms with E-state index in [1.807, 2.05) is 0 Å². The Morgan fingerprint density at radius 3 is 2.67 bits per heavy atom. The zero-order chi connectivity index (χ0) is 6.85. The second-order valence-corrected chi connectivity index (χ2v) is 2.15. The lowest BCUT2D eigenvalue weighted by Gasteiger charge is -1.91. The average Bonchev–Trinajstić information content (AvgIpc) is 1.80. The molecule has 1 N–H and O–H groups in total. The van der Waals surface area contributed by atoms with Gasteiger partial charge >= 0.3 is 0 Å². The second-order valence-electron chi connectivity index (χ2n) is 1.37. The molecular weight excluding hydrogens is 161 g/mol. The van der Waals surface area contributed by atoms with Gasteiger partial charge in [0.1, 0.15) is 5.02 Å². The highest BCUT2D eigenvalue weighted by molar-refractivity contribution is 6.34. The quantitative estimate of drug-likeness (QED) is 0.633. The molecule has 1 rings (SSSR count). The van der Waals surface area contributed by atoms with Gasteiger partial charge in [-0.05, 0) is 0 Å². The molecule has 0 bridgehead atoms. The third-order valence-corrected chi connectivity index (χ3v) is 1.18. The summed E-state index contributed by atoms with van der Waals surface area (Å²) in [6.45, 7) is 0. The van der Waals surface area contributed by atoms with Crippen molar-refractivity contribution in [2.45, 2.75) is 0 Å². The molecule has 1 aromatic rings. The van der Waals surface area contributed by atoms with Crippen LogP contribution in [0.4, 0.5) is 0 Å². The van der Waals surface area contributed by atoms with Gasteiger partial charge in [-0.15, -0.1) is 0 Å². The number of halogens is 2. The molecule has 0 atom stereocenters. The SMILES string of the molecule is Oc1ncc(Cl)[c]c1Cl.